The van der Waals surface area contributed by atoms with Gasteiger partial charge in [-0.15, -0.1) is 0 Å². The third-order valence-electron chi connectivity index (χ3n) is 3.21. The maximum absolute atomic E-state index is 6.03. The predicted molar refractivity (Wildman–Crippen MR) is 90.6 cm³/mol. The second kappa shape index (κ2) is 6.37. The number of fused-ring (bicyclic) bond motifs is 1. The summed E-state index contributed by atoms with van der Waals surface area (Å²) in [6, 6.07) is 8.16. The van der Waals surface area contributed by atoms with Crippen molar-refractivity contribution in [3.05, 3.63) is 35.5 Å². The van der Waals surface area contributed by atoms with Gasteiger partial charge in [0.2, 0.25) is 0 Å². The zero-order valence-corrected chi connectivity index (χ0v) is 13.2. The molecular formula is C15H18ClN3S. The van der Waals surface area contributed by atoms with Crippen LogP contribution in [0.1, 0.15) is 20.3 Å². The molecule has 0 bridgehead atoms. The molecule has 0 saturated heterocycles. The standard InChI is InChI=1S/C15H18ClN3S/c1-10(2)19(8-6-15(17)20)14-5-7-18-13-9-11(16)3-4-12(13)14/h3-5,7,9-10H,6,8H2,1-2H3,(H2,17,20). The van der Waals surface area contributed by atoms with Crippen molar-refractivity contribution in [2.45, 2.75) is 26.3 Å². The van der Waals surface area contributed by atoms with Crippen molar-refractivity contribution in [3.8, 4) is 0 Å². The molecular weight excluding hydrogens is 290 g/mol. The van der Waals surface area contributed by atoms with Gasteiger partial charge in [-0.2, -0.15) is 0 Å². The van der Waals surface area contributed by atoms with Gasteiger partial charge in [0.05, 0.1) is 10.5 Å². The van der Waals surface area contributed by atoms with Crippen molar-refractivity contribution in [2.24, 2.45) is 5.73 Å². The number of pyridine rings is 1. The first-order valence-electron chi connectivity index (χ1n) is 6.58. The van der Waals surface area contributed by atoms with Crippen LogP contribution in [-0.2, 0) is 0 Å². The lowest BCUT2D eigenvalue weighted by Gasteiger charge is -2.30. The molecule has 3 nitrogen and oxygen atoms in total. The molecule has 0 fully saturated rings. The van der Waals surface area contributed by atoms with Crippen molar-refractivity contribution in [1.82, 2.24) is 4.98 Å². The summed E-state index contributed by atoms with van der Waals surface area (Å²) in [7, 11) is 0. The predicted octanol–water partition coefficient (Wildman–Crippen LogP) is 3.78. The molecule has 0 unspecified atom stereocenters. The largest absolute Gasteiger partial charge is 0.393 e. The van der Waals surface area contributed by atoms with Gasteiger partial charge in [-0.3, -0.25) is 4.98 Å². The highest BCUT2D eigenvalue weighted by Gasteiger charge is 2.14. The van der Waals surface area contributed by atoms with Gasteiger partial charge in [-0.05, 0) is 38.1 Å². The Morgan fingerprint density at radius 1 is 1.40 bits per heavy atom. The number of nitrogens with zero attached hydrogens (tertiary/aromatic N) is 2. The molecule has 2 rings (SSSR count). The van der Waals surface area contributed by atoms with Crippen LogP contribution < -0.4 is 10.6 Å². The molecule has 20 heavy (non-hydrogen) atoms. The summed E-state index contributed by atoms with van der Waals surface area (Å²) in [5.41, 5.74) is 7.66. The van der Waals surface area contributed by atoms with Gasteiger partial charge < -0.3 is 10.6 Å². The molecule has 0 aliphatic heterocycles. The number of hydrogen-bond donors (Lipinski definition) is 1. The van der Waals surface area contributed by atoms with Crippen LogP contribution in [0, 0.1) is 0 Å². The van der Waals surface area contributed by atoms with Gasteiger partial charge in [0.1, 0.15) is 0 Å². The fraction of sp³-hybridized carbons (Fsp3) is 0.333. The number of nitrogens with two attached hydrogens (primary N) is 1. The average molecular weight is 308 g/mol. The third kappa shape index (κ3) is 3.38. The van der Waals surface area contributed by atoms with Crippen molar-refractivity contribution in [1.29, 1.82) is 0 Å². The average Bonchev–Trinajstić information content (AvgIpc) is 2.37. The monoisotopic (exact) mass is 307 g/mol. The lowest BCUT2D eigenvalue weighted by Crippen LogP contribution is -2.33. The molecule has 1 aromatic carbocycles. The van der Waals surface area contributed by atoms with Crippen LogP contribution >= 0.6 is 23.8 Å². The van der Waals surface area contributed by atoms with Gasteiger partial charge >= 0.3 is 0 Å². The minimum atomic E-state index is 0.352. The van der Waals surface area contributed by atoms with E-state index >= 15 is 0 Å². The van der Waals surface area contributed by atoms with E-state index in [1.165, 1.54) is 0 Å². The highest BCUT2D eigenvalue weighted by molar-refractivity contribution is 7.80. The van der Waals surface area contributed by atoms with Gasteiger partial charge in [-0.25, -0.2) is 0 Å². The number of benzene rings is 1. The Hall–Kier alpha value is -1.39. The van der Waals surface area contributed by atoms with Crippen LogP contribution in [0.2, 0.25) is 5.02 Å². The van der Waals surface area contributed by atoms with Crippen LogP contribution in [0.5, 0.6) is 0 Å². The molecule has 0 saturated carbocycles. The Kier molecular flexibility index (Phi) is 4.78. The maximum atomic E-state index is 6.03. The summed E-state index contributed by atoms with van der Waals surface area (Å²) >= 11 is 11.0. The Bertz CT molecular complexity index is 628. The smallest absolute Gasteiger partial charge is 0.0745 e. The zero-order valence-electron chi connectivity index (χ0n) is 11.6. The Balaban J connectivity index is 2.45. The summed E-state index contributed by atoms with van der Waals surface area (Å²) in [5.74, 6) is 0. The van der Waals surface area contributed by atoms with E-state index in [0.717, 1.165) is 23.1 Å². The minimum absolute atomic E-state index is 0.352. The number of aromatic nitrogens is 1. The molecule has 1 heterocycles. The van der Waals surface area contributed by atoms with Crippen LogP contribution in [-0.4, -0.2) is 22.6 Å². The molecule has 0 amide bonds. The molecule has 0 radical (unpaired) electrons. The summed E-state index contributed by atoms with van der Waals surface area (Å²) in [6.07, 6.45) is 2.51. The summed E-state index contributed by atoms with van der Waals surface area (Å²) < 4.78 is 0. The zero-order chi connectivity index (χ0) is 14.7. The number of thiocarbonyl (C=S) groups is 1. The van der Waals surface area contributed by atoms with Crippen LogP contribution in [0.25, 0.3) is 10.9 Å². The second-order valence-electron chi connectivity index (χ2n) is 5.00. The normalized spacial score (nSPS) is 11.0. The Morgan fingerprint density at radius 3 is 2.80 bits per heavy atom. The first-order chi connectivity index (χ1) is 9.49. The van der Waals surface area contributed by atoms with Gasteiger partial charge in [-0.1, -0.05) is 23.8 Å². The highest BCUT2D eigenvalue weighted by atomic mass is 35.5. The highest BCUT2D eigenvalue weighted by Crippen LogP contribution is 2.28. The van der Waals surface area contributed by atoms with E-state index in [0.29, 0.717) is 22.5 Å². The van der Waals surface area contributed by atoms with Crippen LogP contribution in [0.15, 0.2) is 30.5 Å². The minimum Gasteiger partial charge on any atom is -0.393 e. The molecule has 106 valence electrons. The lowest BCUT2D eigenvalue weighted by molar-refractivity contribution is 0.693. The number of hydrogen-bond acceptors (Lipinski definition) is 3. The van der Waals surface area contributed by atoms with E-state index in [1.807, 2.05) is 30.5 Å². The molecule has 2 aromatic rings. The number of halogens is 1. The number of rotatable bonds is 5. The second-order valence-corrected chi connectivity index (χ2v) is 5.96. The van der Waals surface area contributed by atoms with Gasteiger partial charge in [0.15, 0.2) is 0 Å². The first kappa shape index (κ1) is 15.0. The lowest BCUT2D eigenvalue weighted by atomic mass is 10.1. The van der Waals surface area contributed by atoms with Crippen molar-refractivity contribution in [3.63, 3.8) is 0 Å². The van der Waals surface area contributed by atoms with E-state index in [1.54, 1.807) is 0 Å². The SMILES string of the molecule is CC(C)N(CCC(N)=S)c1ccnc2cc(Cl)ccc12. The quantitative estimate of drug-likeness (QED) is 0.854. The molecule has 0 aliphatic rings. The van der Waals surface area contributed by atoms with Gasteiger partial charge in [0.25, 0.3) is 0 Å². The molecule has 2 N–H and O–H groups in total. The van der Waals surface area contributed by atoms with E-state index in [4.69, 9.17) is 29.6 Å². The van der Waals surface area contributed by atoms with E-state index in [2.05, 4.69) is 23.7 Å². The number of anilines is 1. The summed E-state index contributed by atoms with van der Waals surface area (Å²) in [5, 5.41) is 1.79. The fourth-order valence-corrected chi connectivity index (χ4v) is 2.50. The van der Waals surface area contributed by atoms with E-state index < -0.39 is 0 Å². The fourth-order valence-electron chi connectivity index (χ4n) is 2.24. The molecule has 1 aromatic heterocycles. The molecule has 0 aliphatic carbocycles. The maximum Gasteiger partial charge on any atom is 0.0745 e. The van der Waals surface area contributed by atoms with Crippen molar-refractivity contribution in [2.75, 3.05) is 11.4 Å². The molecule has 0 spiro atoms. The summed E-state index contributed by atoms with van der Waals surface area (Å²) in [4.78, 5) is 7.21. The van der Waals surface area contributed by atoms with Crippen molar-refractivity contribution < 1.29 is 0 Å². The topological polar surface area (TPSA) is 42.1 Å². The summed E-state index contributed by atoms with van der Waals surface area (Å²) in [6.45, 7) is 5.11. The Morgan fingerprint density at radius 2 is 2.15 bits per heavy atom. The van der Waals surface area contributed by atoms with Crippen LogP contribution in [0.3, 0.4) is 0 Å². The molecule has 5 heteroatoms. The molecule has 0 atom stereocenters. The Labute approximate surface area is 129 Å². The van der Waals surface area contributed by atoms with Crippen molar-refractivity contribution >= 4 is 45.4 Å². The first-order valence-corrected chi connectivity index (χ1v) is 7.37. The van der Waals surface area contributed by atoms with E-state index in [-0.39, 0.29) is 0 Å². The van der Waals surface area contributed by atoms with Gasteiger partial charge in [0, 0.05) is 41.3 Å². The van der Waals surface area contributed by atoms with Crippen LogP contribution in [0.4, 0.5) is 5.69 Å². The third-order valence-corrected chi connectivity index (χ3v) is 3.65. The van der Waals surface area contributed by atoms with E-state index in [9.17, 15) is 0 Å².